The molecule has 0 aliphatic rings. The number of rotatable bonds is 7. The van der Waals surface area contributed by atoms with E-state index in [0.717, 1.165) is 11.1 Å². The molecule has 144 valence electrons. The zero-order valence-corrected chi connectivity index (χ0v) is 15.7. The van der Waals surface area contributed by atoms with Gasteiger partial charge in [-0.25, -0.2) is 9.59 Å². The SMILES string of the molecule is Cc1ccccc1[C@@H](CC(=O)NCCNC(=O)OC(C)(C)C)NC(N)=O. The highest BCUT2D eigenvalue weighted by Crippen LogP contribution is 2.20. The summed E-state index contributed by atoms with van der Waals surface area (Å²) >= 11 is 0. The number of urea groups is 1. The lowest BCUT2D eigenvalue weighted by atomic mass is 9.98. The summed E-state index contributed by atoms with van der Waals surface area (Å²) in [6.07, 6.45) is -0.500. The van der Waals surface area contributed by atoms with Crippen molar-refractivity contribution in [3.05, 3.63) is 35.4 Å². The van der Waals surface area contributed by atoms with E-state index in [1.54, 1.807) is 20.8 Å². The fourth-order valence-corrected chi connectivity index (χ4v) is 2.33. The zero-order valence-electron chi connectivity index (χ0n) is 15.7. The molecule has 1 atom stereocenters. The number of benzene rings is 1. The number of carbonyl (C=O) groups excluding carboxylic acids is 3. The van der Waals surface area contributed by atoms with Crippen molar-refractivity contribution in [3.8, 4) is 0 Å². The molecule has 0 bridgehead atoms. The number of ether oxygens (including phenoxy) is 1. The van der Waals surface area contributed by atoms with Crippen molar-refractivity contribution in [2.45, 2.75) is 45.8 Å². The third kappa shape index (κ3) is 8.36. The summed E-state index contributed by atoms with van der Waals surface area (Å²) in [6.45, 7) is 7.69. The van der Waals surface area contributed by atoms with Crippen LogP contribution in [0.2, 0.25) is 0 Å². The van der Waals surface area contributed by atoms with Crippen molar-refractivity contribution in [2.24, 2.45) is 5.73 Å². The van der Waals surface area contributed by atoms with Gasteiger partial charge in [-0.15, -0.1) is 0 Å². The Balaban J connectivity index is 2.49. The van der Waals surface area contributed by atoms with E-state index in [9.17, 15) is 14.4 Å². The van der Waals surface area contributed by atoms with Crippen molar-refractivity contribution in [1.29, 1.82) is 0 Å². The summed E-state index contributed by atoms with van der Waals surface area (Å²) in [5.74, 6) is -0.266. The second kappa shape index (κ2) is 9.65. The molecule has 0 fully saturated rings. The van der Waals surface area contributed by atoms with E-state index in [2.05, 4.69) is 16.0 Å². The number of alkyl carbamates (subject to hydrolysis) is 1. The van der Waals surface area contributed by atoms with Crippen LogP contribution >= 0.6 is 0 Å². The summed E-state index contributed by atoms with van der Waals surface area (Å²) in [7, 11) is 0. The van der Waals surface area contributed by atoms with Crippen molar-refractivity contribution >= 4 is 18.0 Å². The zero-order chi connectivity index (χ0) is 19.7. The van der Waals surface area contributed by atoms with Gasteiger partial charge < -0.3 is 26.4 Å². The smallest absolute Gasteiger partial charge is 0.407 e. The lowest BCUT2D eigenvalue weighted by Gasteiger charge is -2.20. The molecular formula is C18H28N4O4. The highest BCUT2D eigenvalue weighted by molar-refractivity contribution is 5.79. The molecule has 8 heteroatoms. The van der Waals surface area contributed by atoms with Gasteiger partial charge in [0, 0.05) is 13.1 Å². The number of hydrogen-bond donors (Lipinski definition) is 4. The molecule has 0 spiro atoms. The van der Waals surface area contributed by atoms with E-state index in [1.165, 1.54) is 0 Å². The van der Waals surface area contributed by atoms with Crippen LogP contribution in [0.15, 0.2) is 24.3 Å². The molecular weight excluding hydrogens is 336 g/mol. The molecule has 5 N–H and O–H groups in total. The number of nitrogens with two attached hydrogens (primary N) is 1. The van der Waals surface area contributed by atoms with E-state index >= 15 is 0 Å². The number of amides is 4. The van der Waals surface area contributed by atoms with Gasteiger partial charge in [0.15, 0.2) is 0 Å². The minimum atomic E-state index is -0.697. The first-order valence-electron chi connectivity index (χ1n) is 8.43. The molecule has 0 aliphatic carbocycles. The maximum Gasteiger partial charge on any atom is 0.407 e. The Bertz CT molecular complexity index is 640. The van der Waals surface area contributed by atoms with Crippen LogP contribution in [0.1, 0.15) is 44.4 Å². The summed E-state index contributed by atoms with van der Waals surface area (Å²) < 4.78 is 5.10. The quantitative estimate of drug-likeness (QED) is 0.550. The van der Waals surface area contributed by atoms with Crippen molar-refractivity contribution in [1.82, 2.24) is 16.0 Å². The van der Waals surface area contributed by atoms with Gasteiger partial charge in [0.1, 0.15) is 5.60 Å². The predicted molar refractivity (Wildman–Crippen MR) is 98.5 cm³/mol. The van der Waals surface area contributed by atoms with Crippen LogP contribution in [0.4, 0.5) is 9.59 Å². The Hall–Kier alpha value is -2.77. The normalized spacial score (nSPS) is 12.0. The largest absolute Gasteiger partial charge is 0.444 e. The molecule has 0 unspecified atom stereocenters. The maximum absolute atomic E-state index is 12.1. The number of hydrogen-bond acceptors (Lipinski definition) is 4. The highest BCUT2D eigenvalue weighted by atomic mass is 16.6. The number of aryl methyl sites for hydroxylation is 1. The van der Waals surface area contributed by atoms with Gasteiger partial charge in [0.25, 0.3) is 0 Å². The van der Waals surface area contributed by atoms with Crippen LogP contribution < -0.4 is 21.7 Å². The molecule has 0 saturated heterocycles. The first kappa shape index (κ1) is 21.3. The van der Waals surface area contributed by atoms with Gasteiger partial charge >= 0.3 is 12.1 Å². The van der Waals surface area contributed by atoms with Gasteiger partial charge in [-0.05, 0) is 38.8 Å². The molecule has 0 saturated carbocycles. The molecule has 1 aromatic carbocycles. The molecule has 26 heavy (non-hydrogen) atoms. The van der Waals surface area contributed by atoms with E-state index in [0.29, 0.717) is 0 Å². The van der Waals surface area contributed by atoms with Gasteiger partial charge in [-0.2, -0.15) is 0 Å². The van der Waals surface area contributed by atoms with E-state index in [4.69, 9.17) is 10.5 Å². The molecule has 0 heterocycles. The Morgan fingerprint density at radius 2 is 1.73 bits per heavy atom. The Morgan fingerprint density at radius 3 is 2.31 bits per heavy atom. The van der Waals surface area contributed by atoms with Crippen molar-refractivity contribution < 1.29 is 19.1 Å². The average molecular weight is 364 g/mol. The van der Waals surface area contributed by atoms with Crippen molar-refractivity contribution in [2.75, 3.05) is 13.1 Å². The maximum atomic E-state index is 12.1. The van der Waals surface area contributed by atoms with E-state index in [1.807, 2.05) is 31.2 Å². The summed E-state index contributed by atoms with van der Waals surface area (Å²) in [4.78, 5) is 34.9. The third-order valence-corrected chi connectivity index (χ3v) is 3.39. The summed E-state index contributed by atoms with van der Waals surface area (Å²) in [5.41, 5.74) is 6.42. The monoisotopic (exact) mass is 364 g/mol. The van der Waals surface area contributed by atoms with Crippen LogP contribution in [-0.4, -0.2) is 36.7 Å². The second-order valence-electron chi connectivity index (χ2n) is 6.90. The van der Waals surface area contributed by atoms with Crippen LogP contribution in [-0.2, 0) is 9.53 Å². The summed E-state index contributed by atoms with van der Waals surface area (Å²) in [6, 6.07) is 6.23. The summed E-state index contributed by atoms with van der Waals surface area (Å²) in [5, 5.41) is 7.84. The molecule has 0 radical (unpaired) electrons. The first-order valence-corrected chi connectivity index (χ1v) is 8.43. The number of carbonyl (C=O) groups is 3. The fourth-order valence-electron chi connectivity index (χ4n) is 2.33. The standard InChI is InChI=1S/C18H28N4O4/c1-12-7-5-6-8-13(12)14(22-16(19)24)11-15(23)20-9-10-21-17(25)26-18(2,3)4/h5-8,14H,9-11H2,1-4H3,(H,20,23)(H,21,25)(H3,19,22,24)/t14-/m1/s1. The highest BCUT2D eigenvalue weighted by Gasteiger charge is 2.19. The van der Waals surface area contributed by atoms with Crippen LogP contribution in [0, 0.1) is 6.92 Å². The number of nitrogens with one attached hydrogen (secondary N) is 3. The van der Waals surface area contributed by atoms with Gasteiger partial charge in [-0.3, -0.25) is 4.79 Å². The molecule has 8 nitrogen and oxygen atoms in total. The topological polar surface area (TPSA) is 123 Å². The van der Waals surface area contributed by atoms with E-state index < -0.39 is 23.8 Å². The Labute approximate surface area is 153 Å². The third-order valence-electron chi connectivity index (χ3n) is 3.39. The number of primary amides is 1. The lowest BCUT2D eigenvalue weighted by Crippen LogP contribution is -2.40. The van der Waals surface area contributed by atoms with Crippen LogP contribution in [0.5, 0.6) is 0 Å². The van der Waals surface area contributed by atoms with Gasteiger partial charge in [0.2, 0.25) is 5.91 Å². The molecule has 0 aromatic heterocycles. The predicted octanol–water partition coefficient (Wildman–Crippen LogP) is 1.74. The minimum absolute atomic E-state index is 0.0419. The second-order valence-corrected chi connectivity index (χ2v) is 6.90. The fraction of sp³-hybridized carbons (Fsp3) is 0.500. The van der Waals surface area contributed by atoms with Crippen LogP contribution in [0.3, 0.4) is 0 Å². The molecule has 4 amide bonds. The minimum Gasteiger partial charge on any atom is -0.444 e. The molecule has 1 rings (SSSR count). The van der Waals surface area contributed by atoms with Gasteiger partial charge in [0.05, 0.1) is 12.5 Å². The van der Waals surface area contributed by atoms with Gasteiger partial charge in [-0.1, -0.05) is 24.3 Å². The first-order chi connectivity index (χ1) is 12.1. The molecule has 1 aromatic rings. The van der Waals surface area contributed by atoms with Crippen LogP contribution in [0.25, 0.3) is 0 Å². The van der Waals surface area contributed by atoms with Crippen molar-refractivity contribution in [3.63, 3.8) is 0 Å². The Morgan fingerprint density at radius 1 is 1.12 bits per heavy atom. The lowest BCUT2D eigenvalue weighted by molar-refractivity contribution is -0.121. The molecule has 0 aliphatic heterocycles. The Kier molecular flexibility index (Phi) is 7.89. The average Bonchev–Trinajstić information content (AvgIpc) is 2.49. The van der Waals surface area contributed by atoms with E-state index in [-0.39, 0.29) is 25.4 Å².